The number of piperidine rings is 1. The van der Waals surface area contributed by atoms with Crippen molar-refractivity contribution in [1.82, 2.24) is 20.0 Å². The lowest BCUT2D eigenvalue weighted by molar-refractivity contribution is -0.126. The van der Waals surface area contributed by atoms with Crippen molar-refractivity contribution in [3.63, 3.8) is 0 Å². The van der Waals surface area contributed by atoms with Crippen LogP contribution in [-0.4, -0.2) is 52.7 Å². The number of carbonyl (C=O) groups excluding carboxylic acids is 2. The van der Waals surface area contributed by atoms with E-state index in [1.54, 1.807) is 22.0 Å². The Bertz CT molecular complexity index is 567. The molecule has 8 heteroatoms. The van der Waals surface area contributed by atoms with Gasteiger partial charge < -0.3 is 16.0 Å². The van der Waals surface area contributed by atoms with Crippen molar-refractivity contribution < 1.29 is 9.59 Å². The predicted octanol–water partition coefficient (Wildman–Crippen LogP) is 0.987. The average molecular weight is 358 g/mol. The fourth-order valence-corrected chi connectivity index (χ4v) is 2.70. The highest BCUT2D eigenvalue weighted by molar-refractivity contribution is 5.94. The first-order chi connectivity index (χ1) is 10.8. The van der Waals surface area contributed by atoms with Gasteiger partial charge in [-0.2, -0.15) is 5.10 Å². The number of hydrogen-bond acceptors (Lipinski definition) is 4. The monoisotopic (exact) mass is 357 g/mol. The maximum atomic E-state index is 12.6. The third kappa shape index (κ3) is 4.95. The molecule has 3 N–H and O–H groups in total. The number of rotatable bonds is 4. The molecule has 2 amide bonds. The summed E-state index contributed by atoms with van der Waals surface area (Å²) >= 11 is 0. The molecular formula is C16H28ClN5O2. The first kappa shape index (κ1) is 20.4. The van der Waals surface area contributed by atoms with E-state index in [1.165, 1.54) is 0 Å². The zero-order chi connectivity index (χ0) is 17.0. The van der Waals surface area contributed by atoms with Gasteiger partial charge in [-0.15, -0.1) is 12.4 Å². The molecule has 1 unspecified atom stereocenters. The Morgan fingerprint density at radius 1 is 1.42 bits per heavy atom. The molecular weight excluding hydrogens is 330 g/mol. The lowest BCUT2D eigenvalue weighted by atomic mass is 9.96. The number of likely N-dealkylation sites (tertiary alicyclic amines) is 1. The van der Waals surface area contributed by atoms with Crippen LogP contribution in [0, 0.1) is 5.92 Å². The summed E-state index contributed by atoms with van der Waals surface area (Å²) in [5.74, 6) is -0.230. The number of nitrogens with zero attached hydrogens (tertiary/aromatic N) is 3. The molecule has 1 fully saturated rings. The Kier molecular flexibility index (Phi) is 7.23. The second-order valence-electron chi connectivity index (χ2n) is 7.01. The summed E-state index contributed by atoms with van der Waals surface area (Å²) in [5, 5.41) is 7.08. The molecule has 2 rings (SSSR count). The van der Waals surface area contributed by atoms with Gasteiger partial charge in [-0.3, -0.25) is 14.3 Å². The van der Waals surface area contributed by atoms with Gasteiger partial charge in [0.15, 0.2) is 0 Å². The molecule has 7 nitrogen and oxygen atoms in total. The maximum Gasteiger partial charge on any atom is 0.257 e. The van der Waals surface area contributed by atoms with Gasteiger partial charge in [-0.05, 0) is 33.6 Å². The standard InChI is InChI=1S/C16H27N5O2.ClH/c1-16(2,3)21-11-13(9-19-21)15(23)20-8-4-5-12(10-20)14(22)18-7-6-17;/h9,11-12H,4-8,10,17H2,1-3H3,(H,18,22);1H. The van der Waals surface area contributed by atoms with Crippen LogP contribution in [0.4, 0.5) is 0 Å². The minimum Gasteiger partial charge on any atom is -0.355 e. The molecule has 1 aliphatic rings. The van der Waals surface area contributed by atoms with Crippen molar-refractivity contribution in [3.8, 4) is 0 Å². The Balaban J connectivity index is 0.00000288. The molecule has 0 radical (unpaired) electrons. The molecule has 0 aliphatic carbocycles. The Morgan fingerprint density at radius 3 is 2.71 bits per heavy atom. The van der Waals surface area contributed by atoms with E-state index in [0.717, 1.165) is 12.8 Å². The predicted molar refractivity (Wildman–Crippen MR) is 95.2 cm³/mol. The quantitative estimate of drug-likeness (QED) is 0.840. The number of carbonyl (C=O) groups is 2. The summed E-state index contributed by atoms with van der Waals surface area (Å²) in [6.45, 7) is 8.14. The lowest BCUT2D eigenvalue weighted by Crippen LogP contribution is -2.46. The second-order valence-corrected chi connectivity index (χ2v) is 7.01. The normalized spacial score (nSPS) is 18.0. The van der Waals surface area contributed by atoms with Crippen molar-refractivity contribution in [1.29, 1.82) is 0 Å². The minimum atomic E-state index is -0.162. The number of nitrogens with one attached hydrogen (secondary N) is 1. The third-order valence-corrected chi connectivity index (χ3v) is 4.04. The molecule has 2 heterocycles. The largest absolute Gasteiger partial charge is 0.355 e. The first-order valence-electron chi connectivity index (χ1n) is 8.15. The van der Waals surface area contributed by atoms with Crippen LogP contribution in [0.25, 0.3) is 0 Å². The Morgan fingerprint density at radius 2 is 2.12 bits per heavy atom. The Hall–Kier alpha value is -1.60. The molecule has 0 saturated carbocycles. The SMILES string of the molecule is CC(C)(C)n1cc(C(=O)N2CCCC(C(=O)NCCN)C2)cn1.Cl. The van der Waals surface area contributed by atoms with Crippen LogP contribution >= 0.6 is 12.4 Å². The van der Waals surface area contributed by atoms with Gasteiger partial charge in [0.2, 0.25) is 5.91 Å². The Labute approximate surface area is 149 Å². The van der Waals surface area contributed by atoms with Crippen molar-refractivity contribution in [3.05, 3.63) is 18.0 Å². The molecule has 1 aromatic heterocycles. The van der Waals surface area contributed by atoms with E-state index in [1.807, 2.05) is 20.8 Å². The number of nitrogens with two attached hydrogens (primary N) is 1. The van der Waals surface area contributed by atoms with Crippen molar-refractivity contribution >= 4 is 24.2 Å². The van der Waals surface area contributed by atoms with E-state index in [-0.39, 0.29) is 35.7 Å². The fourth-order valence-electron chi connectivity index (χ4n) is 2.70. The number of aromatic nitrogens is 2. The molecule has 1 aromatic rings. The van der Waals surface area contributed by atoms with Crippen LogP contribution in [0.2, 0.25) is 0 Å². The topological polar surface area (TPSA) is 93.2 Å². The van der Waals surface area contributed by atoms with E-state index < -0.39 is 0 Å². The highest BCUT2D eigenvalue weighted by Gasteiger charge is 2.29. The summed E-state index contributed by atoms with van der Waals surface area (Å²) in [6, 6.07) is 0. The smallest absolute Gasteiger partial charge is 0.257 e. The van der Waals surface area contributed by atoms with Crippen molar-refractivity contribution in [2.24, 2.45) is 11.7 Å². The van der Waals surface area contributed by atoms with E-state index in [2.05, 4.69) is 10.4 Å². The van der Waals surface area contributed by atoms with Crippen LogP contribution in [0.3, 0.4) is 0 Å². The summed E-state index contributed by atoms with van der Waals surface area (Å²) in [4.78, 5) is 26.5. The average Bonchev–Trinajstić information content (AvgIpc) is 3.02. The molecule has 0 bridgehead atoms. The van der Waals surface area contributed by atoms with Gasteiger partial charge in [0, 0.05) is 32.4 Å². The van der Waals surface area contributed by atoms with Crippen LogP contribution in [0.1, 0.15) is 44.0 Å². The van der Waals surface area contributed by atoms with E-state index in [4.69, 9.17) is 5.73 Å². The summed E-state index contributed by atoms with van der Waals surface area (Å²) < 4.78 is 1.79. The highest BCUT2D eigenvalue weighted by atomic mass is 35.5. The zero-order valence-electron chi connectivity index (χ0n) is 14.6. The van der Waals surface area contributed by atoms with Crippen LogP contribution in [-0.2, 0) is 10.3 Å². The molecule has 24 heavy (non-hydrogen) atoms. The molecule has 1 aliphatic heterocycles. The van der Waals surface area contributed by atoms with E-state index in [9.17, 15) is 9.59 Å². The second kappa shape index (κ2) is 8.48. The van der Waals surface area contributed by atoms with Crippen molar-refractivity contribution in [2.45, 2.75) is 39.2 Å². The van der Waals surface area contributed by atoms with E-state index >= 15 is 0 Å². The number of amides is 2. The number of hydrogen-bond donors (Lipinski definition) is 2. The molecule has 136 valence electrons. The van der Waals surface area contributed by atoms with Crippen LogP contribution in [0.5, 0.6) is 0 Å². The molecule has 1 saturated heterocycles. The van der Waals surface area contributed by atoms with Crippen molar-refractivity contribution in [2.75, 3.05) is 26.2 Å². The fraction of sp³-hybridized carbons (Fsp3) is 0.688. The third-order valence-electron chi connectivity index (χ3n) is 4.04. The first-order valence-corrected chi connectivity index (χ1v) is 8.15. The zero-order valence-corrected chi connectivity index (χ0v) is 15.4. The van der Waals surface area contributed by atoms with E-state index in [0.29, 0.717) is 31.7 Å². The summed E-state index contributed by atoms with van der Waals surface area (Å²) in [7, 11) is 0. The van der Waals surface area contributed by atoms with Crippen LogP contribution in [0.15, 0.2) is 12.4 Å². The van der Waals surface area contributed by atoms with Gasteiger partial charge in [0.05, 0.1) is 23.2 Å². The van der Waals surface area contributed by atoms with Gasteiger partial charge in [-0.25, -0.2) is 0 Å². The van der Waals surface area contributed by atoms with Gasteiger partial charge in [-0.1, -0.05) is 0 Å². The minimum absolute atomic E-state index is 0. The summed E-state index contributed by atoms with van der Waals surface area (Å²) in [5.41, 5.74) is 5.82. The molecule has 0 aromatic carbocycles. The maximum absolute atomic E-state index is 12.6. The van der Waals surface area contributed by atoms with Gasteiger partial charge in [0.1, 0.15) is 0 Å². The number of halogens is 1. The van der Waals surface area contributed by atoms with Gasteiger partial charge in [0.25, 0.3) is 5.91 Å². The highest BCUT2D eigenvalue weighted by Crippen LogP contribution is 2.20. The van der Waals surface area contributed by atoms with Crippen LogP contribution < -0.4 is 11.1 Å². The lowest BCUT2D eigenvalue weighted by Gasteiger charge is -2.31. The molecule has 1 atom stereocenters. The molecule has 0 spiro atoms. The van der Waals surface area contributed by atoms with Gasteiger partial charge >= 0.3 is 0 Å². The summed E-state index contributed by atoms with van der Waals surface area (Å²) in [6.07, 6.45) is 5.02.